The molecule has 0 bridgehead atoms. The van der Waals surface area contributed by atoms with E-state index in [0.29, 0.717) is 23.1 Å². The van der Waals surface area contributed by atoms with Gasteiger partial charge in [-0.25, -0.2) is 0 Å². The number of thioether (sulfide) groups is 1. The van der Waals surface area contributed by atoms with E-state index in [4.69, 9.17) is 23.2 Å². The molecule has 0 aromatic heterocycles. The molecule has 1 aromatic carbocycles. The number of hydrogen-bond donors (Lipinski definition) is 2. The second-order valence-corrected chi connectivity index (χ2v) is 6.17. The fourth-order valence-electron chi connectivity index (χ4n) is 1.45. The van der Waals surface area contributed by atoms with E-state index in [2.05, 4.69) is 10.6 Å². The number of benzene rings is 1. The SMILES string of the molecule is CCCNC(=O)CCNC(=O)CSc1cc(Cl)ccc1Cl. The molecule has 1 rings (SSSR count). The van der Waals surface area contributed by atoms with Crippen molar-refractivity contribution in [2.75, 3.05) is 18.8 Å². The Kier molecular flexibility index (Phi) is 8.57. The molecule has 0 radical (unpaired) electrons. The third kappa shape index (κ3) is 7.60. The topological polar surface area (TPSA) is 58.2 Å². The van der Waals surface area contributed by atoms with Crippen LogP contribution in [-0.2, 0) is 9.59 Å². The number of rotatable bonds is 8. The van der Waals surface area contributed by atoms with Crippen LogP contribution in [0.15, 0.2) is 23.1 Å². The van der Waals surface area contributed by atoms with Gasteiger partial charge in [0.25, 0.3) is 0 Å². The van der Waals surface area contributed by atoms with Gasteiger partial charge in [0.1, 0.15) is 0 Å². The second-order valence-electron chi connectivity index (χ2n) is 4.31. The van der Waals surface area contributed by atoms with Gasteiger partial charge in [-0.2, -0.15) is 0 Å². The summed E-state index contributed by atoms with van der Waals surface area (Å²) in [4.78, 5) is 23.8. The number of hydrogen-bond acceptors (Lipinski definition) is 3. The summed E-state index contributed by atoms with van der Waals surface area (Å²) in [5.41, 5.74) is 0. The van der Waals surface area contributed by atoms with Gasteiger partial charge in [-0.1, -0.05) is 30.1 Å². The Hall–Kier alpha value is -0.910. The molecule has 116 valence electrons. The summed E-state index contributed by atoms with van der Waals surface area (Å²) < 4.78 is 0. The Balaban J connectivity index is 2.25. The van der Waals surface area contributed by atoms with E-state index in [1.807, 2.05) is 6.92 Å². The number of carbonyl (C=O) groups excluding carboxylic acids is 2. The molecule has 1 aromatic rings. The molecule has 2 N–H and O–H groups in total. The van der Waals surface area contributed by atoms with Crippen molar-refractivity contribution < 1.29 is 9.59 Å². The van der Waals surface area contributed by atoms with Crippen molar-refractivity contribution in [3.05, 3.63) is 28.2 Å². The van der Waals surface area contributed by atoms with Crippen LogP contribution in [0.2, 0.25) is 10.0 Å². The van der Waals surface area contributed by atoms with E-state index in [9.17, 15) is 9.59 Å². The van der Waals surface area contributed by atoms with Crippen LogP contribution in [0.25, 0.3) is 0 Å². The molecule has 0 unspecified atom stereocenters. The summed E-state index contributed by atoms with van der Waals surface area (Å²) in [6.07, 6.45) is 1.18. The zero-order valence-electron chi connectivity index (χ0n) is 11.7. The number of nitrogens with one attached hydrogen (secondary N) is 2. The Labute approximate surface area is 139 Å². The summed E-state index contributed by atoms with van der Waals surface area (Å²) in [5, 5.41) is 6.59. The van der Waals surface area contributed by atoms with E-state index >= 15 is 0 Å². The molecule has 0 fully saturated rings. The predicted octanol–water partition coefficient (Wildman–Crippen LogP) is 3.12. The summed E-state index contributed by atoms with van der Waals surface area (Å²) >= 11 is 13.2. The van der Waals surface area contributed by atoms with Gasteiger partial charge in [0.2, 0.25) is 11.8 Å². The Morgan fingerprint density at radius 1 is 1.14 bits per heavy atom. The van der Waals surface area contributed by atoms with Crippen LogP contribution in [0.1, 0.15) is 19.8 Å². The Morgan fingerprint density at radius 3 is 2.57 bits per heavy atom. The van der Waals surface area contributed by atoms with Gasteiger partial charge in [0, 0.05) is 29.4 Å². The fraction of sp³-hybridized carbons (Fsp3) is 0.429. The highest BCUT2D eigenvalue weighted by Crippen LogP contribution is 2.29. The average molecular weight is 349 g/mol. The molecule has 0 saturated heterocycles. The molecular formula is C14H18Cl2N2O2S. The third-order valence-corrected chi connectivity index (χ3v) is 4.23. The molecule has 0 saturated carbocycles. The first-order valence-corrected chi connectivity index (χ1v) is 8.38. The molecule has 21 heavy (non-hydrogen) atoms. The van der Waals surface area contributed by atoms with Crippen LogP contribution < -0.4 is 10.6 Å². The van der Waals surface area contributed by atoms with E-state index in [1.165, 1.54) is 11.8 Å². The van der Waals surface area contributed by atoms with Gasteiger partial charge in [-0.3, -0.25) is 9.59 Å². The molecular weight excluding hydrogens is 331 g/mol. The quantitative estimate of drug-likeness (QED) is 0.709. The van der Waals surface area contributed by atoms with Crippen LogP contribution in [0, 0.1) is 0 Å². The Bertz CT molecular complexity index is 498. The molecule has 0 aliphatic carbocycles. The van der Waals surface area contributed by atoms with Gasteiger partial charge in [-0.05, 0) is 24.6 Å². The molecule has 2 amide bonds. The van der Waals surface area contributed by atoms with Crippen LogP contribution in [0.4, 0.5) is 0 Å². The van der Waals surface area contributed by atoms with Gasteiger partial charge >= 0.3 is 0 Å². The highest BCUT2D eigenvalue weighted by Gasteiger charge is 2.07. The summed E-state index contributed by atoms with van der Waals surface area (Å²) in [6.45, 7) is 2.98. The molecule has 0 heterocycles. The van der Waals surface area contributed by atoms with Crippen LogP contribution in [-0.4, -0.2) is 30.7 Å². The summed E-state index contributed by atoms with van der Waals surface area (Å²) in [6, 6.07) is 5.12. The molecule has 0 aliphatic heterocycles. The lowest BCUT2D eigenvalue weighted by atomic mass is 10.3. The zero-order chi connectivity index (χ0) is 15.7. The maximum Gasteiger partial charge on any atom is 0.230 e. The lowest BCUT2D eigenvalue weighted by Crippen LogP contribution is -2.31. The van der Waals surface area contributed by atoms with Crippen molar-refractivity contribution in [3.63, 3.8) is 0 Å². The van der Waals surface area contributed by atoms with Crippen molar-refractivity contribution in [2.45, 2.75) is 24.7 Å². The second kappa shape index (κ2) is 9.92. The molecule has 4 nitrogen and oxygen atoms in total. The van der Waals surface area contributed by atoms with Gasteiger partial charge in [0.05, 0.1) is 10.8 Å². The van der Waals surface area contributed by atoms with Crippen LogP contribution in [0.3, 0.4) is 0 Å². The van der Waals surface area contributed by atoms with Crippen molar-refractivity contribution in [2.24, 2.45) is 0 Å². The highest BCUT2D eigenvalue weighted by atomic mass is 35.5. The molecule has 7 heteroatoms. The lowest BCUT2D eigenvalue weighted by molar-refractivity contribution is -0.121. The maximum absolute atomic E-state index is 11.7. The summed E-state index contributed by atoms with van der Waals surface area (Å²) in [7, 11) is 0. The standard InChI is InChI=1S/C14H18Cl2N2O2S/c1-2-6-17-13(19)5-7-18-14(20)9-21-12-8-10(15)3-4-11(12)16/h3-4,8H,2,5-7,9H2,1H3,(H,17,19)(H,18,20). The number of halogens is 2. The lowest BCUT2D eigenvalue weighted by Gasteiger charge is -2.07. The van der Waals surface area contributed by atoms with Crippen molar-refractivity contribution >= 4 is 46.8 Å². The number of amides is 2. The van der Waals surface area contributed by atoms with E-state index in [1.54, 1.807) is 18.2 Å². The van der Waals surface area contributed by atoms with Crippen molar-refractivity contribution in [3.8, 4) is 0 Å². The third-order valence-electron chi connectivity index (χ3n) is 2.50. The molecule has 0 atom stereocenters. The first kappa shape index (κ1) is 18.1. The van der Waals surface area contributed by atoms with Gasteiger partial charge in [-0.15, -0.1) is 11.8 Å². The van der Waals surface area contributed by atoms with Gasteiger partial charge < -0.3 is 10.6 Å². The minimum atomic E-state index is -0.140. The number of carbonyl (C=O) groups is 2. The fourth-order valence-corrected chi connectivity index (χ4v) is 2.77. The minimum Gasteiger partial charge on any atom is -0.356 e. The normalized spacial score (nSPS) is 10.2. The van der Waals surface area contributed by atoms with Gasteiger partial charge in [0.15, 0.2) is 0 Å². The maximum atomic E-state index is 11.7. The molecule has 0 aliphatic rings. The van der Waals surface area contributed by atoms with Crippen molar-refractivity contribution in [1.82, 2.24) is 10.6 Å². The zero-order valence-corrected chi connectivity index (χ0v) is 14.1. The smallest absolute Gasteiger partial charge is 0.230 e. The van der Waals surface area contributed by atoms with Crippen LogP contribution in [0.5, 0.6) is 0 Å². The molecule has 0 spiro atoms. The minimum absolute atomic E-state index is 0.0531. The van der Waals surface area contributed by atoms with E-state index in [-0.39, 0.29) is 24.0 Å². The van der Waals surface area contributed by atoms with Crippen LogP contribution >= 0.6 is 35.0 Å². The van der Waals surface area contributed by atoms with E-state index < -0.39 is 0 Å². The van der Waals surface area contributed by atoms with Crippen molar-refractivity contribution in [1.29, 1.82) is 0 Å². The average Bonchev–Trinajstić information content (AvgIpc) is 2.46. The van der Waals surface area contributed by atoms with E-state index in [0.717, 1.165) is 11.3 Å². The highest BCUT2D eigenvalue weighted by molar-refractivity contribution is 8.00. The first-order chi connectivity index (χ1) is 10.0. The predicted molar refractivity (Wildman–Crippen MR) is 88.1 cm³/mol. The monoisotopic (exact) mass is 348 g/mol. The largest absolute Gasteiger partial charge is 0.356 e. The first-order valence-electron chi connectivity index (χ1n) is 6.64. The Morgan fingerprint density at radius 2 is 1.86 bits per heavy atom. The summed E-state index contributed by atoms with van der Waals surface area (Å²) in [5.74, 6) is 0.0402.